The molecule has 1 aromatic carbocycles. The minimum Gasteiger partial charge on any atom is -0.396 e. The summed E-state index contributed by atoms with van der Waals surface area (Å²) >= 11 is 1.44. The van der Waals surface area contributed by atoms with Crippen LogP contribution in [0.1, 0.15) is 25.8 Å². The Labute approximate surface area is 143 Å². The maximum atomic E-state index is 14.6. The van der Waals surface area contributed by atoms with Crippen LogP contribution in [-0.4, -0.2) is 15.0 Å². The molecular weight excluding hydrogens is 325 g/mol. The Balaban J connectivity index is 2.28. The highest BCUT2D eigenvalue weighted by Crippen LogP contribution is 2.41. The van der Waals surface area contributed by atoms with E-state index in [1.807, 2.05) is 0 Å². The Kier molecular flexibility index (Phi) is 3.96. The lowest BCUT2D eigenvalue weighted by Crippen LogP contribution is -2.10. The van der Waals surface area contributed by atoms with Crippen LogP contribution >= 0.6 is 11.3 Å². The number of rotatable bonds is 2. The van der Waals surface area contributed by atoms with Gasteiger partial charge in [0.25, 0.3) is 0 Å². The smallest absolute Gasteiger partial charge is 0.220 e. The van der Waals surface area contributed by atoms with Crippen LogP contribution in [0.3, 0.4) is 0 Å². The molecule has 0 saturated heterocycles. The van der Waals surface area contributed by atoms with Crippen LogP contribution in [0, 0.1) is 5.82 Å². The quantitative estimate of drug-likeness (QED) is 0.689. The highest BCUT2D eigenvalue weighted by Gasteiger charge is 2.25. The Morgan fingerprint density at radius 1 is 1.08 bits per heavy atom. The van der Waals surface area contributed by atoms with Crippen LogP contribution in [0.5, 0.6) is 0 Å². The van der Waals surface area contributed by atoms with Crippen molar-refractivity contribution >= 4 is 23.0 Å². The monoisotopic (exact) mass is 343 g/mol. The summed E-state index contributed by atoms with van der Waals surface area (Å²) in [5.41, 5.74) is 12.9. The Hall–Kier alpha value is -2.54. The van der Waals surface area contributed by atoms with Crippen LogP contribution in [0.4, 0.5) is 16.0 Å². The number of hydrogen-bond donors (Lipinski definition) is 2. The second kappa shape index (κ2) is 5.83. The molecule has 2 aromatic heterocycles. The number of nitrogens with zero attached hydrogens (tertiary/aromatic N) is 3. The standard InChI is InChI=1S/C17H18FN5S/c1-17(2,3)15-23-13(11-7-8-21-16(20)22-11)14(24-15)9-5-4-6-10(19)12(9)18/h4-8H,19H2,1-3H3,(H2,20,21,22). The van der Waals surface area contributed by atoms with Crippen LogP contribution < -0.4 is 11.5 Å². The van der Waals surface area contributed by atoms with E-state index < -0.39 is 5.82 Å². The third-order valence-corrected chi connectivity index (χ3v) is 4.97. The summed E-state index contributed by atoms with van der Waals surface area (Å²) in [4.78, 5) is 13.5. The minimum atomic E-state index is -0.454. The van der Waals surface area contributed by atoms with Gasteiger partial charge in [-0.1, -0.05) is 32.9 Å². The molecule has 0 fully saturated rings. The summed E-state index contributed by atoms with van der Waals surface area (Å²) in [5, 5.41) is 0.881. The molecule has 0 unspecified atom stereocenters. The fourth-order valence-electron chi connectivity index (χ4n) is 2.23. The lowest BCUT2D eigenvalue weighted by molar-refractivity contribution is 0.586. The molecule has 0 aliphatic carbocycles. The second-order valence-electron chi connectivity index (χ2n) is 6.46. The number of halogens is 1. The summed E-state index contributed by atoms with van der Waals surface area (Å²) in [6.45, 7) is 6.18. The number of thiazole rings is 1. The van der Waals surface area contributed by atoms with E-state index in [4.69, 9.17) is 16.5 Å². The molecule has 0 bridgehead atoms. The predicted octanol–water partition coefficient (Wildman–Crippen LogP) is 3.87. The zero-order valence-electron chi connectivity index (χ0n) is 13.7. The predicted molar refractivity (Wildman–Crippen MR) is 96.1 cm³/mol. The normalized spacial score (nSPS) is 11.7. The van der Waals surface area contributed by atoms with Gasteiger partial charge in [0.1, 0.15) is 5.69 Å². The molecule has 0 radical (unpaired) electrons. The van der Waals surface area contributed by atoms with Gasteiger partial charge in [0.15, 0.2) is 5.82 Å². The Morgan fingerprint density at radius 3 is 2.50 bits per heavy atom. The van der Waals surface area contributed by atoms with Gasteiger partial charge in [-0.05, 0) is 12.1 Å². The SMILES string of the molecule is CC(C)(C)c1nc(-c2ccnc(N)n2)c(-c2cccc(N)c2F)s1. The Morgan fingerprint density at radius 2 is 1.83 bits per heavy atom. The largest absolute Gasteiger partial charge is 0.396 e. The molecule has 0 spiro atoms. The summed E-state index contributed by atoms with van der Waals surface area (Å²) in [5.74, 6) is -0.304. The third kappa shape index (κ3) is 2.94. The summed E-state index contributed by atoms with van der Waals surface area (Å²) in [7, 11) is 0. The topological polar surface area (TPSA) is 90.7 Å². The molecule has 24 heavy (non-hydrogen) atoms. The van der Waals surface area contributed by atoms with Crippen LogP contribution in [0.25, 0.3) is 21.8 Å². The average Bonchev–Trinajstić information content (AvgIpc) is 2.95. The van der Waals surface area contributed by atoms with Crippen molar-refractivity contribution in [2.75, 3.05) is 11.5 Å². The van der Waals surface area contributed by atoms with Crippen LogP contribution in [0.2, 0.25) is 0 Å². The first-order valence-corrected chi connectivity index (χ1v) is 8.23. The fraction of sp³-hybridized carbons (Fsp3) is 0.235. The molecule has 3 rings (SSSR count). The number of nitrogens with two attached hydrogens (primary N) is 2. The number of hydrogen-bond acceptors (Lipinski definition) is 6. The fourth-order valence-corrected chi connectivity index (χ4v) is 3.38. The average molecular weight is 343 g/mol. The number of nitrogen functional groups attached to an aromatic ring is 2. The first kappa shape index (κ1) is 16.3. The number of aromatic nitrogens is 3. The van der Waals surface area contributed by atoms with E-state index in [0.717, 1.165) is 5.01 Å². The molecule has 0 amide bonds. The van der Waals surface area contributed by atoms with Crippen molar-refractivity contribution in [1.29, 1.82) is 0 Å². The van der Waals surface area contributed by atoms with E-state index in [1.54, 1.807) is 24.4 Å². The zero-order chi connectivity index (χ0) is 17.5. The van der Waals surface area contributed by atoms with Crippen molar-refractivity contribution in [2.45, 2.75) is 26.2 Å². The third-order valence-electron chi connectivity index (χ3n) is 3.46. The van der Waals surface area contributed by atoms with E-state index >= 15 is 0 Å². The van der Waals surface area contributed by atoms with Gasteiger partial charge < -0.3 is 11.5 Å². The summed E-state index contributed by atoms with van der Waals surface area (Å²) in [6, 6.07) is 6.67. The van der Waals surface area contributed by atoms with E-state index in [-0.39, 0.29) is 17.1 Å². The lowest BCUT2D eigenvalue weighted by Gasteiger charge is -2.13. The molecule has 5 nitrogen and oxygen atoms in total. The van der Waals surface area contributed by atoms with Crippen molar-refractivity contribution in [2.24, 2.45) is 0 Å². The van der Waals surface area contributed by atoms with Gasteiger partial charge in [0.2, 0.25) is 5.95 Å². The van der Waals surface area contributed by atoms with E-state index in [0.29, 0.717) is 21.8 Å². The van der Waals surface area contributed by atoms with Crippen molar-refractivity contribution < 1.29 is 4.39 Å². The molecule has 4 N–H and O–H groups in total. The van der Waals surface area contributed by atoms with Crippen molar-refractivity contribution in [3.05, 3.63) is 41.3 Å². The van der Waals surface area contributed by atoms with Gasteiger partial charge in [-0.3, -0.25) is 0 Å². The van der Waals surface area contributed by atoms with Gasteiger partial charge in [-0.25, -0.2) is 19.3 Å². The maximum absolute atomic E-state index is 14.6. The molecule has 0 saturated carbocycles. The Bertz CT molecular complexity index is 898. The van der Waals surface area contributed by atoms with Crippen molar-refractivity contribution in [1.82, 2.24) is 15.0 Å². The molecule has 3 aromatic rings. The lowest BCUT2D eigenvalue weighted by atomic mass is 9.98. The zero-order valence-corrected chi connectivity index (χ0v) is 14.5. The van der Waals surface area contributed by atoms with Crippen LogP contribution in [-0.2, 0) is 5.41 Å². The highest BCUT2D eigenvalue weighted by atomic mass is 32.1. The van der Waals surface area contributed by atoms with E-state index in [2.05, 4.69) is 30.7 Å². The second-order valence-corrected chi connectivity index (χ2v) is 7.45. The van der Waals surface area contributed by atoms with Crippen molar-refractivity contribution in [3.8, 4) is 21.8 Å². The number of benzene rings is 1. The highest BCUT2D eigenvalue weighted by molar-refractivity contribution is 7.15. The molecule has 0 aliphatic rings. The molecule has 7 heteroatoms. The molecule has 0 aliphatic heterocycles. The molecular formula is C17H18FN5S. The van der Waals surface area contributed by atoms with E-state index in [1.165, 1.54) is 17.4 Å². The van der Waals surface area contributed by atoms with Gasteiger partial charge in [0, 0.05) is 17.2 Å². The first-order chi connectivity index (χ1) is 11.3. The van der Waals surface area contributed by atoms with Crippen molar-refractivity contribution in [3.63, 3.8) is 0 Å². The van der Waals surface area contributed by atoms with Gasteiger partial charge >= 0.3 is 0 Å². The number of anilines is 2. The van der Waals surface area contributed by atoms with E-state index in [9.17, 15) is 4.39 Å². The first-order valence-electron chi connectivity index (χ1n) is 7.42. The minimum absolute atomic E-state index is 0.103. The molecule has 124 valence electrons. The molecule has 2 heterocycles. The van der Waals surface area contributed by atoms with Crippen LogP contribution in [0.15, 0.2) is 30.5 Å². The van der Waals surface area contributed by atoms with Gasteiger partial charge in [-0.15, -0.1) is 11.3 Å². The summed E-state index contributed by atoms with van der Waals surface area (Å²) < 4.78 is 14.6. The molecule has 0 atom stereocenters. The maximum Gasteiger partial charge on any atom is 0.220 e. The summed E-state index contributed by atoms with van der Waals surface area (Å²) in [6.07, 6.45) is 1.56. The van der Waals surface area contributed by atoms with Gasteiger partial charge in [-0.2, -0.15) is 0 Å². The van der Waals surface area contributed by atoms with Gasteiger partial charge in [0.05, 0.1) is 21.3 Å².